The molecular weight excluding hydrogens is 310 g/mol. The molecule has 0 spiro atoms. The molecule has 0 amide bonds. The summed E-state index contributed by atoms with van der Waals surface area (Å²) < 4.78 is 111. The average Bonchev–Trinajstić information content (AvgIpc) is 2.32. The minimum atomic E-state index is -5.37. The van der Waals surface area contributed by atoms with E-state index < -0.39 is 48.8 Å². The van der Waals surface area contributed by atoms with Gasteiger partial charge in [0, 0.05) is 0 Å². The molecule has 0 saturated carbocycles. The van der Waals surface area contributed by atoms with E-state index in [0.29, 0.717) is 0 Å². The molecule has 0 bridgehead atoms. The lowest BCUT2D eigenvalue weighted by Crippen LogP contribution is -2.05. The number of hydrogen-bond acceptors (Lipinski definition) is 0. The summed E-state index contributed by atoms with van der Waals surface area (Å²) in [7, 11) is -4.43. The summed E-state index contributed by atoms with van der Waals surface area (Å²) in [4.78, 5) is 0. The van der Waals surface area contributed by atoms with Gasteiger partial charge in [0.05, 0.1) is 0 Å². The van der Waals surface area contributed by atoms with E-state index in [-0.39, 0.29) is 0 Å². The van der Waals surface area contributed by atoms with Crippen LogP contribution in [0.15, 0.2) is 0 Å². The molecule has 0 aromatic heterocycles. The lowest BCUT2D eigenvalue weighted by atomic mass is 10.2. The van der Waals surface area contributed by atoms with Crippen molar-refractivity contribution in [2.75, 3.05) is 0 Å². The van der Waals surface area contributed by atoms with Gasteiger partial charge in [0.25, 0.3) is 8.23 Å². The van der Waals surface area contributed by atoms with Gasteiger partial charge in [-0.2, -0.15) is 13.2 Å². The molecule has 1 aromatic carbocycles. The standard InChI is InChI=1S/C9F9P/c10-4-3(1-2-19(18)9(15,16)17)5(11)7(13)8(14)6(4)12. The van der Waals surface area contributed by atoms with Gasteiger partial charge in [0.15, 0.2) is 23.3 Å². The predicted octanol–water partition coefficient (Wildman–Crippen LogP) is 4.58. The number of alkyl halides is 3. The highest BCUT2D eigenvalue weighted by molar-refractivity contribution is 7.58. The molecule has 1 atom stereocenters. The third-order valence-electron chi connectivity index (χ3n) is 1.71. The zero-order chi connectivity index (χ0) is 15.0. The van der Waals surface area contributed by atoms with Crippen molar-refractivity contribution < 1.29 is 39.3 Å². The number of halogens is 9. The Bertz CT molecular complexity index is 537. The highest BCUT2D eigenvalue weighted by Gasteiger charge is 2.40. The van der Waals surface area contributed by atoms with Gasteiger partial charge in [-0.3, -0.25) is 0 Å². The molecule has 1 aromatic rings. The van der Waals surface area contributed by atoms with Crippen molar-refractivity contribution >= 4 is 8.23 Å². The van der Waals surface area contributed by atoms with Crippen LogP contribution in [-0.2, 0) is 0 Å². The zero-order valence-electron chi connectivity index (χ0n) is 8.35. The largest absolute Gasteiger partial charge is 0.447 e. The fourth-order valence-corrected chi connectivity index (χ4v) is 1.22. The topological polar surface area (TPSA) is 0 Å². The van der Waals surface area contributed by atoms with Crippen LogP contribution >= 0.6 is 8.23 Å². The first-order valence-electron chi connectivity index (χ1n) is 4.13. The van der Waals surface area contributed by atoms with E-state index in [1.165, 1.54) is 0 Å². The second-order valence-electron chi connectivity index (χ2n) is 2.93. The molecule has 0 aliphatic rings. The molecule has 0 heterocycles. The van der Waals surface area contributed by atoms with Gasteiger partial charge in [0.1, 0.15) is 5.56 Å². The highest BCUT2D eigenvalue weighted by Crippen LogP contribution is 2.53. The van der Waals surface area contributed by atoms with E-state index in [4.69, 9.17) is 0 Å². The van der Waals surface area contributed by atoms with E-state index >= 15 is 0 Å². The Morgan fingerprint density at radius 1 is 0.737 bits per heavy atom. The zero-order valence-corrected chi connectivity index (χ0v) is 9.24. The van der Waals surface area contributed by atoms with Crippen LogP contribution < -0.4 is 0 Å². The van der Waals surface area contributed by atoms with Crippen molar-refractivity contribution in [1.29, 1.82) is 0 Å². The first-order chi connectivity index (χ1) is 8.57. The third-order valence-corrected chi connectivity index (χ3v) is 2.46. The lowest BCUT2D eigenvalue weighted by Gasteiger charge is -2.04. The molecule has 1 rings (SSSR count). The summed E-state index contributed by atoms with van der Waals surface area (Å²) in [6.07, 6.45) is 0. The van der Waals surface area contributed by atoms with Gasteiger partial charge in [-0.25, -0.2) is 26.1 Å². The number of rotatable bonds is 0. The van der Waals surface area contributed by atoms with Crippen LogP contribution in [0.25, 0.3) is 0 Å². The van der Waals surface area contributed by atoms with E-state index in [2.05, 4.69) is 0 Å². The fourth-order valence-electron chi connectivity index (χ4n) is 0.883. The summed E-state index contributed by atoms with van der Waals surface area (Å²) in [5.41, 5.74) is -1.03. The molecule has 0 N–H and O–H groups in total. The molecule has 0 nitrogen and oxygen atoms in total. The second-order valence-corrected chi connectivity index (χ2v) is 4.22. The molecule has 1 unspecified atom stereocenters. The van der Waals surface area contributed by atoms with Gasteiger partial charge >= 0.3 is 5.92 Å². The Hall–Kier alpha value is -1.42. The van der Waals surface area contributed by atoms with Gasteiger partial charge in [-0.05, 0) is 5.66 Å². The van der Waals surface area contributed by atoms with Gasteiger partial charge in [-0.15, -0.1) is 0 Å². The van der Waals surface area contributed by atoms with Crippen molar-refractivity contribution in [3.05, 3.63) is 34.6 Å². The molecule has 0 aliphatic carbocycles. The average molecular weight is 310 g/mol. The number of hydrogen-bond donors (Lipinski definition) is 0. The minimum Gasteiger partial charge on any atom is -0.202 e. The second kappa shape index (κ2) is 5.29. The molecule has 0 fully saturated rings. The molecule has 0 radical (unpaired) electrons. The third kappa shape index (κ3) is 3.13. The van der Waals surface area contributed by atoms with Crippen LogP contribution in [0.2, 0.25) is 0 Å². The molecule has 10 heteroatoms. The monoisotopic (exact) mass is 310 g/mol. The van der Waals surface area contributed by atoms with Gasteiger partial charge in [-0.1, -0.05) is 5.92 Å². The van der Waals surface area contributed by atoms with Crippen molar-refractivity contribution in [3.63, 3.8) is 0 Å². The van der Waals surface area contributed by atoms with Crippen LogP contribution in [0, 0.1) is 40.7 Å². The van der Waals surface area contributed by atoms with E-state index in [1.54, 1.807) is 0 Å². The van der Waals surface area contributed by atoms with Gasteiger partial charge in [0.2, 0.25) is 5.82 Å². The minimum absolute atomic E-state index is 0.782. The highest BCUT2D eigenvalue weighted by atomic mass is 31.2. The Morgan fingerprint density at radius 3 is 1.47 bits per heavy atom. The Morgan fingerprint density at radius 2 is 1.11 bits per heavy atom. The molecular formula is C9F9P. The summed E-state index contributed by atoms with van der Waals surface area (Å²) >= 11 is 0. The van der Waals surface area contributed by atoms with Crippen molar-refractivity contribution in [2.24, 2.45) is 0 Å². The Labute approximate surface area is 101 Å². The maximum Gasteiger partial charge on any atom is 0.447 e. The Balaban J connectivity index is 3.36. The van der Waals surface area contributed by atoms with E-state index in [1.807, 2.05) is 0 Å². The molecule has 0 aliphatic heterocycles. The maximum atomic E-state index is 12.9. The number of benzene rings is 1. The summed E-state index contributed by atoms with van der Waals surface area (Å²) in [6, 6.07) is 0. The van der Waals surface area contributed by atoms with Crippen molar-refractivity contribution in [3.8, 4) is 11.6 Å². The van der Waals surface area contributed by atoms with Crippen molar-refractivity contribution in [1.82, 2.24) is 0 Å². The van der Waals surface area contributed by atoms with Gasteiger partial charge < -0.3 is 0 Å². The summed E-state index contributed by atoms with van der Waals surface area (Å²) in [5.74, 6) is -16.5. The molecule has 19 heavy (non-hydrogen) atoms. The smallest absolute Gasteiger partial charge is 0.202 e. The van der Waals surface area contributed by atoms with Crippen LogP contribution in [0.5, 0.6) is 0 Å². The first kappa shape index (κ1) is 15.6. The predicted molar refractivity (Wildman–Crippen MR) is 47.2 cm³/mol. The van der Waals surface area contributed by atoms with Crippen LogP contribution in [-0.4, -0.2) is 5.92 Å². The van der Waals surface area contributed by atoms with Crippen molar-refractivity contribution in [2.45, 2.75) is 5.92 Å². The normalized spacial score (nSPS) is 12.9. The Kier molecular flexibility index (Phi) is 4.35. The lowest BCUT2D eigenvalue weighted by molar-refractivity contribution is -0.0427. The first-order valence-corrected chi connectivity index (χ1v) is 5.36. The molecule has 0 saturated heterocycles. The SMILES string of the molecule is Fc1c(F)c(F)c(C#CP(F)C(F)(F)F)c(F)c1F. The molecule has 104 valence electrons. The summed E-state index contributed by atoms with van der Waals surface area (Å²) in [5, 5.41) is 0. The van der Waals surface area contributed by atoms with Crippen LogP contribution in [0.4, 0.5) is 39.3 Å². The quantitative estimate of drug-likeness (QED) is 0.216. The fraction of sp³-hybridized carbons (Fsp3) is 0.111. The van der Waals surface area contributed by atoms with Crippen LogP contribution in [0.3, 0.4) is 0 Å². The van der Waals surface area contributed by atoms with E-state index in [9.17, 15) is 39.3 Å². The maximum absolute atomic E-state index is 12.9. The van der Waals surface area contributed by atoms with E-state index in [0.717, 1.165) is 11.6 Å². The van der Waals surface area contributed by atoms with Crippen LogP contribution in [0.1, 0.15) is 5.56 Å². The summed E-state index contributed by atoms with van der Waals surface area (Å²) in [6.45, 7) is 0.